The molecule has 1 aromatic carbocycles. The van der Waals surface area contributed by atoms with Crippen LogP contribution in [0.25, 0.3) is 15.4 Å². The average molecular weight is 498 g/mol. The highest BCUT2D eigenvalue weighted by molar-refractivity contribution is 7.15. The van der Waals surface area contributed by atoms with Gasteiger partial charge in [-0.05, 0) is 42.9 Å². The van der Waals surface area contributed by atoms with Gasteiger partial charge < -0.3 is 10.2 Å². The summed E-state index contributed by atoms with van der Waals surface area (Å²) in [6, 6.07) is 7.47. The Morgan fingerprint density at radius 2 is 2.21 bits per heavy atom. The van der Waals surface area contributed by atoms with Crippen LogP contribution in [0.4, 0.5) is 0 Å². The lowest BCUT2D eigenvalue weighted by molar-refractivity contribution is 0.0690. The molecule has 4 aromatic rings. The summed E-state index contributed by atoms with van der Waals surface area (Å²) >= 11 is 9.18. The molecule has 1 aliphatic carbocycles. The van der Waals surface area contributed by atoms with Gasteiger partial charge in [0.15, 0.2) is 4.96 Å². The molecule has 4 heterocycles. The number of nitrogens with zero attached hydrogens (tertiary/aromatic N) is 4. The van der Waals surface area contributed by atoms with Crippen molar-refractivity contribution in [2.75, 3.05) is 13.1 Å². The van der Waals surface area contributed by atoms with Gasteiger partial charge in [-0.3, -0.25) is 14.0 Å². The summed E-state index contributed by atoms with van der Waals surface area (Å²) in [6.45, 7) is 3.03. The maximum Gasteiger partial charge on any atom is 0.274 e. The number of benzene rings is 1. The van der Waals surface area contributed by atoms with Crippen LogP contribution in [0, 0.1) is 18.8 Å². The second kappa shape index (κ2) is 7.93. The highest BCUT2D eigenvalue weighted by Crippen LogP contribution is 2.50. The fourth-order valence-corrected chi connectivity index (χ4v) is 6.57. The fraction of sp³-hybridized carbons (Fsp3) is 0.304. The van der Waals surface area contributed by atoms with E-state index in [0.29, 0.717) is 41.3 Å². The standard InChI is InChI=1S/C23H20ClN5O2S2/c1-12-27-19(20(33-12)13-3-2-4-15(24)7-13)22(31)29-11-14-8-16(14)17(29)9-25-21(30)18-10-26-23-28(18)5-6-32-23/h2-7,10,14,16-17H,8-9,11H2,1H3,(H,25,30)/t14-,16-,17+/m0/s1. The van der Waals surface area contributed by atoms with Crippen LogP contribution in [0.1, 0.15) is 32.4 Å². The molecule has 1 saturated carbocycles. The fourth-order valence-electron chi connectivity index (χ4n) is 4.78. The van der Waals surface area contributed by atoms with Gasteiger partial charge in [-0.15, -0.1) is 22.7 Å². The van der Waals surface area contributed by atoms with Gasteiger partial charge in [0.25, 0.3) is 11.8 Å². The minimum atomic E-state index is -0.179. The van der Waals surface area contributed by atoms with Crippen molar-refractivity contribution in [3.05, 3.63) is 63.5 Å². The van der Waals surface area contributed by atoms with Crippen LogP contribution in [-0.2, 0) is 0 Å². The van der Waals surface area contributed by atoms with E-state index in [2.05, 4.69) is 15.3 Å². The number of hydrogen-bond donors (Lipinski definition) is 1. The zero-order chi connectivity index (χ0) is 22.7. The van der Waals surface area contributed by atoms with Crippen molar-refractivity contribution in [2.45, 2.75) is 19.4 Å². The van der Waals surface area contributed by atoms with Crippen LogP contribution >= 0.6 is 34.3 Å². The summed E-state index contributed by atoms with van der Waals surface area (Å²) in [5, 5.41) is 6.40. The number of aryl methyl sites for hydroxylation is 1. The molecule has 33 heavy (non-hydrogen) atoms. The Labute approximate surface area is 203 Å². The molecule has 1 saturated heterocycles. The number of thiazole rings is 2. The van der Waals surface area contributed by atoms with E-state index in [-0.39, 0.29) is 17.9 Å². The average Bonchev–Trinajstić information content (AvgIpc) is 3.19. The summed E-state index contributed by atoms with van der Waals surface area (Å²) in [7, 11) is 0. The third-order valence-electron chi connectivity index (χ3n) is 6.44. The lowest BCUT2D eigenvalue weighted by atomic mass is 10.1. The van der Waals surface area contributed by atoms with Crippen LogP contribution in [0.3, 0.4) is 0 Å². The highest BCUT2D eigenvalue weighted by atomic mass is 35.5. The monoisotopic (exact) mass is 497 g/mol. The third-order valence-corrected chi connectivity index (χ3v) is 8.46. The summed E-state index contributed by atoms with van der Waals surface area (Å²) in [5.74, 6) is 0.672. The minimum absolute atomic E-state index is 0.0356. The van der Waals surface area contributed by atoms with Crippen molar-refractivity contribution < 1.29 is 9.59 Å². The summed E-state index contributed by atoms with van der Waals surface area (Å²) in [4.78, 5) is 38.8. The van der Waals surface area contributed by atoms with Crippen molar-refractivity contribution in [1.82, 2.24) is 24.6 Å². The van der Waals surface area contributed by atoms with Crippen LogP contribution in [0.15, 0.2) is 42.0 Å². The number of imidazole rings is 1. The number of nitrogens with one attached hydrogen (secondary N) is 1. The Morgan fingerprint density at radius 1 is 1.33 bits per heavy atom. The van der Waals surface area contributed by atoms with Gasteiger partial charge in [-0.1, -0.05) is 23.7 Å². The first-order valence-electron chi connectivity index (χ1n) is 10.7. The number of amides is 2. The first-order valence-corrected chi connectivity index (χ1v) is 12.8. The SMILES string of the molecule is Cc1nc(C(=O)N2C[C@@H]3C[C@@H]3[C@H]2CNC(=O)c2cnc3sccn23)c(-c2cccc(Cl)c2)s1. The van der Waals surface area contributed by atoms with Gasteiger partial charge in [0.05, 0.1) is 22.1 Å². The Balaban J connectivity index is 1.23. The normalized spacial score (nSPS) is 21.4. The van der Waals surface area contributed by atoms with Crippen molar-refractivity contribution >= 4 is 51.0 Å². The molecule has 6 rings (SSSR count). The Kier molecular flexibility index (Phi) is 5.01. The number of halogens is 1. The maximum atomic E-state index is 13.6. The first-order chi connectivity index (χ1) is 16.0. The second-order valence-corrected chi connectivity index (χ2v) is 11.0. The molecule has 1 aliphatic heterocycles. The van der Waals surface area contributed by atoms with E-state index >= 15 is 0 Å². The van der Waals surface area contributed by atoms with Crippen molar-refractivity contribution in [3.8, 4) is 10.4 Å². The number of rotatable bonds is 5. The molecule has 3 atom stereocenters. The maximum absolute atomic E-state index is 13.6. The molecule has 3 aromatic heterocycles. The summed E-state index contributed by atoms with van der Waals surface area (Å²) < 4.78 is 1.78. The largest absolute Gasteiger partial charge is 0.349 e. The number of fused-ring (bicyclic) bond motifs is 2. The summed E-state index contributed by atoms with van der Waals surface area (Å²) in [5.41, 5.74) is 1.87. The summed E-state index contributed by atoms with van der Waals surface area (Å²) in [6.07, 6.45) is 4.53. The Hall–Kier alpha value is -2.75. The molecule has 10 heteroatoms. The Bertz CT molecular complexity index is 1390. The number of carbonyl (C=O) groups excluding carboxylic acids is 2. The molecule has 0 spiro atoms. The van der Waals surface area contributed by atoms with E-state index in [1.54, 1.807) is 10.6 Å². The molecular weight excluding hydrogens is 478 g/mol. The molecule has 2 amide bonds. The number of aromatic nitrogens is 3. The van der Waals surface area contributed by atoms with Crippen LogP contribution in [-0.4, -0.2) is 50.2 Å². The van der Waals surface area contributed by atoms with Crippen LogP contribution in [0.2, 0.25) is 5.02 Å². The van der Waals surface area contributed by atoms with Gasteiger partial charge in [-0.25, -0.2) is 9.97 Å². The predicted molar refractivity (Wildman–Crippen MR) is 129 cm³/mol. The van der Waals surface area contributed by atoms with E-state index in [1.807, 2.05) is 47.7 Å². The predicted octanol–water partition coefficient (Wildman–Crippen LogP) is 4.37. The van der Waals surface area contributed by atoms with Crippen LogP contribution < -0.4 is 5.32 Å². The van der Waals surface area contributed by atoms with E-state index in [4.69, 9.17) is 11.6 Å². The molecule has 0 radical (unpaired) electrons. The van der Waals surface area contributed by atoms with Gasteiger partial charge >= 0.3 is 0 Å². The lowest BCUT2D eigenvalue weighted by Gasteiger charge is -2.27. The van der Waals surface area contributed by atoms with E-state index in [1.165, 1.54) is 22.7 Å². The molecule has 7 nitrogen and oxygen atoms in total. The number of likely N-dealkylation sites (tertiary alicyclic amines) is 1. The molecule has 0 unspecified atom stereocenters. The van der Waals surface area contributed by atoms with Crippen molar-refractivity contribution in [1.29, 1.82) is 0 Å². The molecule has 0 bridgehead atoms. The quantitative estimate of drug-likeness (QED) is 0.444. The van der Waals surface area contributed by atoms with Gasteiger partial charge in [-0.2, -0.15) is 0 Å². The first kappa shape index (κ1) is 20.8. The molecule has 1 N–H and O–H groups in total. The zero-order valence-corrected chi connectivity index (χ0v) is 20.1. The molecule has 2 aliphatic rings. The third kappa shape index (κ3) is 3.64. The van der Waals surface area contributed by atoms with Gasteiger partial charge in [0.2, 0.25) is 0 Å². The molecular formula is C23H20ClN5O2S2. The highest BCUT2D eigenvalue weighted by Gasteiger charge is 2.54. The lowest BCUT2D eigenvalue weighted by Crippen LogP contribution is -2.46. The molecule has 168 valence electrons. The van der Waals surface area contributed by atoms with Crippen molar-refractivity contribution in [3.63, 3.8) is 0 Å². The van der Waals surface area contributed by atoms with E-state index in [9.17, 15) is 9.59 Å². The van der Waals surface area contributed by atoms with Crippen LogP contribution in [0.5, 0.6) is 0 Å². The molecule has 2 fully saturated rings. The minimum Gasteiger partial charge on any atom is -0.349 e. The zero-order valence-electron chi connectivity index (χ0n) is 17.7. The number of carbonyl (C=O) groups is 2. The Morgan fingerprint density at radius 3 is 3.06 bits per heavy atom. The number of hydrogen-bond acceptors (Lipinski definition) is 6. The topological polar surface area (TPSA) is 79.6 Å². The van der Waals surface area contributed by atoms with E-state index < -0.39 is 0 Å². The van der Waals surface area contributed by atoms with Crippen molar-refractivity contribution in [2.24, 2.45) is 11.8 Å². The van der Waals surface area contributed by atoms with Gasteiger partial charge in [0, 0.05) is 29.7 Å². The van der Waals surface area contributed by atoms with Gasteiger partial charge in [0.1, 0.15) is 11.4 Å². The second-order valence-electron chi connectivity index (χ2n) is 8.51. The number of piperidine rings is 1. The van der Waals surface area contributed by atoms with E-state index in [0.717, 1.165) is 26.8 Å². The smallest absolute Gasteiger partial charge is 0.274 e.